The third-order valence-corrected chi connectivity index (χ3v) is 4.12. The molecular weight excluding hydrogens is 336 g/mol. The van der Waals surface area contributed by atoms with Crippen LogP contribution in [-0.4, -0.2) is 36.4 Å². The molecule has 0 aliphatic heterocycles. The summed E-state index contributed by atoms with van der Waals surface area (Å²) in [6.07, 6.45) is 3.25. The van der Waals surface area contributed by atoms with Gasteiger partial charge in [0.1, 0.15) is 22.6 Å². The number of ether oxygens (including phenoxy) is 2. The molecule has 0 amide bonds. The van der Waals surface area contributed by atoms with Gasteiger partial charge in [0, 0.05) is 0 Å². The van der Waals surface area contributed by atoms with Gasteiger partial charge in [0.25, 0.3) is 0 Å². The molecule has 0 aromatic heterocycles. The third-order valence-electron chi connectivity index (χ3n) is 4.12. The van der Waals surface area contributed by atoms with E-state index in [2.05, 4.69) is 9.47 Å². The van der Waals surface area contributed by atoms with Gasteiger partial charge in [-0.25, -0.2) is 9.59 Å². The lowest BCUT2D eigenvalue weighted by molar-refractivity contribution is 0.0588. The van der Waals surface area contributed by atoms with Gasteiger partial charge in [0.05, 0.1) is 14.2 Å². The Kier molecular flexibility index (Phi) is 6.60. The Hall–Kier alpha value is -3.02. The Labute approximate surface area is 152 Å². The first-order valence-corrected chi connectivity index (χ1v) is 8.26. The number of hydrogen-bond donors (Lipinski definition) is 2. The van der Waals surface area contributed by atoms with Crippen LogP contribution in [0.2, 0.25) is 0 Å². The van der Waals surface area contributed by atoms with E-state index in [0.717, 1.165) is 36.8 Å². The van der Waals surface area contributed by atoms with Crippen molar-refractivity contribution in [2.45, 2.75) is 25.7 Å². The summed E-state index contributed by atoms with van der Waals surface area (Å²) in [5.74, 6) is -1.30. The topological polar surface area (TPSA) is 93.1 Å². The minimum atomic E-state index is -0.566. The van der Waals surface area contributed by atoms with Crippen LogP contribution < -0.4 is 0 Å². The molecule has 0 aliphatic carbocycles. The van der Waals surface area contributed by atoms with Gasteiger partial charge in [0.15, 0.2) is 0 Å². The second-order valence-corrected chi connectivity index (χ2v) is 5.89. The summed E-state index contributed by atoms with van der Waals surface area (Å²) in [7, 11) is 2.54. The number of carbonyl (C=O) groups excluding carboxylic acids is 2. The number of methoxy groups -OCH3 is 2. The molecule has 0 heterocycles. The quantitative estimate of drug-likeness (QED) is 0.583. The van der Waals surface area contributed by atoms with Crippen molar-refractivity contribution in [1.29, 1.82) is 0 Å². The van der Waals surface area contributed by atoms with Gasteiger partial charge in [-0.1, -0.05) is 12.1 Å². The van der Waals surface area contributed by atoms with Crippen molar-refractivity contribution < 1.29 is 29.3 Å². The number of carbonyl (C=O) groups is 2. The number of phenolic OH excluding ortho intramolecular Hbond substituents is 2. The number of esters is 2. The molecule has 0 unspecified atom stereocenters. The Balaban J connectivity index is 1.87. The number of rotatable bonds is 7. The molecule has 2 rings (SSSR count). The maximum absolute atomic E-state index is 11.4. The Morgan fingerprint density at radius 2 is 1.15 bits per heavy atom. The lowest BCUT2D eigenvalue weighted by atomic mass is 10.0. The zero-order valence-electron chi connectivity index (χ0n) is 14.8. The van der Waals surface area contributed by atoms with E-state index in [1.165, 1.54) is 14.2 Å². The first-order chi connectivity index (χ1) is 12.5. The molecule has 2 N–H and O–H groups in total. The molecule has 0 spiro atoms. The zero-order chi connectivity index (χ0) is 19.1. The van der Waals surface area contributed by atoms with Crippen molar-refractivity contribution in [3.05, 3.63) is 58.7 Å². The van der Waals surface area contributed by atoms with E-state index in [-0.39, 0.29) is 22.6 Å². The molecule has 2 aromatic rings. The first kappa shape index (κ1) is 19.3. The summed E-state index contributed by atoms with van der Waals surface area (Å²) in [5, 5.41) is 19.8. The molecule has 0 saturated heterocycles. The normalized spacial score (nSPS) is 10.4. The van der Waals surface area contributed by atoms with Gasteiger partial charge in [-0.2, -0.15) is 0 Å². The number of phenols is 2. The molecule has 2 aromatic carbocycles. The number of unbranched alkanes of at least 4 members (excludes halogenated alkanes) is 1. The van der Waals surface area contributed by atoms with Crippen molar-refractivity contribution in [3.63, 3.8) is 0 Å². The van der Waals surface area contributed by atoms with Crippen LogP contribution in [-0.2, 0) is 22.3 Å². The molecule has 6 nitrogen and oxygen atoms in total. The minimum absolute atomic E-state index is 0.0855. The second-order valence-electron chi connectivity index (χ2n) is 5.89. The van der Waals surface area contributed by atoms with E-state index in [1.54, 1.807) is 36.4 Å². The number of aromatic hydroxyl groups is 2. The fourth-order valence-electron chi connectivity index (χ4n) is 2.69. The molecule has 0 radical (unpaired) electrons. The van der Waals surface area contributed by atoms with Crippen LogP contribution in [0, 0.1) is 0 Å². The highest BCUT2D eigenvalue weighted by Crippen LogP contribution is 2.23. The first-order valence-electron chi connectivity index (χ1n) is 8.26. The summed E-state index contributed by atoms with van der Waals surface area (Å²) in [6.45, 7) is 0. The molecule has 0 bridgehead atoms. The predicted molar refractivity (Wildman–Crippen MR) is 95.5 cm³/mol. The summed E-state index contributed by atoms with van der Waals surface area (Å²) >= 11 is 0. The number of hydrogen-bond acceptors (Lipinski definition) is 6. The molecule has 0 saturated carbocycles. The van der Waals surface area contributed by atoms with E-state index in [0.29, 0.717) is 0 Å². The summed E-state index contributed by atoms with van der Waals surface area (Å²) in [6, 6.07) is 9.85. The van der Waals surface area contributed by atoms with Crippen LogP contribution in [0.15, 0.2) is 36.4 Å². The highest BCUT2D eigenvalue weighted by atomic mass is 16.5. The lowest BCUT2D eigenvalue weighted by Gasteiger charge is -2.07. The largest absolute Gasteiger partial charge is 0.507 e. The lowest BCUT2D eigenvalue weighted by Crippen LogP contribution is -2.02. The van der Waals surface area contributed by atoms with Gasteiger partial charge in [0.2, 0.25) is 0 Å². The molecular formula is C20H22O6. The second kappa shape index (κ2) is 8.89. The summed E-state index contributed by atoms with van der Waals surface area (Å²) in [5.41, 5.74) is 2.16. The van der Waals surface area contributed by atoms with Gasteiger partial charge < -0.3 is 19.7 Å². The van der Waals surface area contributed by atoms with Gasteiger partial charge in [-0.3, -0.25) is 0 Å². The molecule has 0 fully saturated rings. The van der Waals surface area contributed by atoms with E-state index >= 15 is 0 Å². The highest BCUT2D eigenvalue weighted by Gasteiger charge is 2.12. The average molecular weight is 358 g/mol. The maximum Gasteiger partial charge on any atom is 0.341 e. The minimum Gasteiger partial charge on any atom is -0.507 e. The number of aryl methyl sites for hydroxylation is 2. The standard InChI is InChI=1S/C20H22O6/c1-25-19(23)15-9-7-13(11-17(15)21)5-3-4-6-14-8-10-16(18(22)12-14)20(24)26-2/h7-12,21-22H,3-6H2,1-2H3. The van der Waals surface area contributed by atoms with Crippen molar-refractivity contribution in [1.82, 2.24) is 0 Å². The van der Waals surface area contributed by atoms with E-state index in [1.807, 2.05) is 0 Å². The van der Waals surface area contributed by atoms with Crippen LogP contribution in [0.4, 0.5) is 0 Å². The van der Waals surface area contributed by atoms with Crippen LogP contribution in [0.1, 0.15) is 44.7 Å². The van der Waals surface area contributed by atoms with Gasteiger partial charge in [-0.15, -0.1) is 0 Å². The van der Waals surface area contributed by atoms with Crippen molar-refractivity contribution in [2.75, 3.05) is 14.2 Å². The molecule has 138 valence electrons. The van der Waals surface area contributed by atoms with Crippen molar-refractivity contribution in [3.8, 4) is 11.5 Å². The van der Waals surface area contributed by atoms with Crippen LogP contribution in [0.3, 0.4) is 0 Å². The van der Waals surface area contributed by atoms with E-state index in [9.17, 15) is 19.8 Å². The molecule has 26 heavy (non-hydrogen) atoms. The number of benzene rings is 2. The molecule has 0 aliphatic rings. The van der Waals surface area contributed by atoms with Crippen LogP contribution in [0.5, 0.6) is 11.5 Å². The maximum atomic E-state index is 11.4. The van der Waals surface area contributed by atoms with E-state index in [4.69, 9.17) is 0 Å². The Morgan fingerprint density at radius 1 is 0.769 bits per heavy atom. The average Bonchev–Trinajstić information content (AvgIpc) is 2.64. The van der Waals surface area contributed by atoms with Crippen LogP contribution in [0.25, 0.3) is 0 Å². The van der Waals surface area contributed by atoms with Crippen molar-refractivity contribution >= 4 is 11.9 Å². The Bertz CT molecular complexity index is 729. The van der Waals surface area contributed by atoms with Crippen LogP contribution >= 0.6 is 0 Å². The van der Waals surface area contributed by atoms with E-state index < -0.39 is 11.9 Å². The van der Waals surface area contributed by atoms with Crippen molar-refractivity contribution in [2.24, 2.45) is 0 Å². The SMILES string of the molecule is COC(=O)c1ccc(CCCCc2ccc(C(=O)OC)c(O)c2)cc1O. The summed E-state index contributed by atoms with van der Waals surface area (Å²) < 4.78 is 9.19. The van der Waals surface area contributed by atoms with Gasteiger partial charge >= 0.3 is 11.9 Å². The smallest absolute Gasteiger partial charge is 0.341 e. The fraction of sp³-hybridized carbons (Fsp3) is 0.300. The predicted octanol–water partition coefficient (Wildman–Crippen LogP) is 3.24. The third kappa shape index (κ3) is 4.75. The highest BCUT2D eigenvalue weighted by molar-refractivity contribution is 5.92. The molecule has 6 heteroatoms. The monoisotopic (exact) mass is 358 g/mol. The summed E-state index contributed by atoms with van der Waals surface area (Å²) in [4.78, 5) is 22.9. The fourth-order valence-corrected chi connectivity index (χ4v) is 2.69. The zero-order valence-corrected chi connectivity index (χ0v) is 14.8. The van der Waals surface area contributed by atoms with Gasteiger partial charge in [-0.05, 0) is 61.1 Å². The Morgan fingerprint density at radius 3 is 1.46 bits per heavy atom. The molecule has 0 atom stereocenters.